The number of nitrogens with zero attached hydrogens (tertiary/aromatic N) is 2. The highest BCUT2D eigenvalue weighted by atomic mass is 19.1. The van der Waals surface area contributed by atoms with Crippen molar-refractivity contribution in [3.63, 3.8) is 0 Å². The number of rotatable bonds is 4. The van der Waals surface area contributed by atoms with Crippen LogP contribution >= 0.6 is 0 Å². The molecule has 2 aromatic carbocycles. The van der Waals surface area contributed by atoms with E-state index in [9.17, 15) is 8.78 Å². The van der Waals surface area contributed by atoms with Crippen molar-refractivity contribution < 1.29 is 8.78 Å². The lowest BCUT2D eigenvalue weighted by atomic mass is 9.94. The van der Waals surface area contributed by atoms with Gasteiger partial charge in [0.25, 0.3) is 0 Å². The molecule has 2 bridgehead atoms. The summed E-state index contributed by atoms with van der Waals surface area (Å²) in [4.78, 5) is 4.96. The molecule has 0 amide bonds. The average molecular weight is 356 g/mol. The molecule has 0 saturated carbocycles. The molecule has 0 unspecified atom stereocenters. The van der Waals surface area contributed by atoms with Gasteiger partial charge in [-0.25, -0.2) is 8.78 Å². The van der Waals surface area contributed by atoms with Gasteiger partial charge in [0, 0.05) is 44.3 Å². The van der Waals surface area contributed by atoms with Crippen molar-refractivity contribution in [2.24, 2.45) is 5.92 Å². The number of aryl methyl sites for hydroxylation is 1. The van der Waals surface area contributed by atoms with E-state index >= 15 is 0 Å². The van der Waals surface area contributed by atoms with E-state index in [-0.39, 0.29) is 11.6 Å². The van der Waals surface area contributed by atoms with E-state index in [0.29, 0.717) is 18.5 Å². The number of halogens is 2. The fraction of sp³-hybridized carbons (Fsp3) is 0.455. The third-order valence-corrected chi connectivity index (χ3v) is 5.80. The highest BCUT2D eigenvalue weighted by molar-refractivity contribution is 5.24. The molecular formula is C22H26F2N2. The van der Waals surface area contributed by atoms with Crippen LogP contribution in [0.5, 0.6) is 0 Å². The summed E-state index contributed by atoms with van der Waals surface area (Å²) in [6, 6.07) is 12.7. The number of piperidine rings is 1. The number of hydrogen-bond acceptors (Lipinski definition) is 2. The van der Waals surface area contributed by atoms with E-state index in [1.54, 1.807) is 6.07 Å². The Kier molecular flexibility index (Phi) is 5.05. The Morgan fingerprint density at radius 3 is 2.54 bits per heavy atom. The van der Waals surface area contributed by atoms with Crippen LogP contribution in [0.1, 0.15) is 29.5 Å². The molecule has 0 aliphatic carbocycles. The summed E-state index contributed by atoms with van der Waals surface area (Å²) in [5, 5.41) is 0. The summed E-state index contributed by atoms with van der Waals surface area (Å²) in [5.74, 6) is 0.344. The van der Waals surface area contributed by atoms with Crippen molar-refractivity contribution in [1.29, 1.82) is 0 Å². The second-order valence-corrected chi connectivity index (χ2v) is 7.94. The molecule has 3 fully saturated rings. The fourth-order valence-electron chi connectivity index (χ4n) is 4.49. The summed E-state index contributed by atoms with van der Waals surface area (Å²) < 4.78 is 27.3. The summed E-state index contributed by atoms with van der Waals surface area (Å²) in [6.07, 6.45) is 2.43. The second kappa shape index (κ2) is 7.45. The van der Waals surface area contributed by atoms with Crippen molar-refractivity contribution in [3.05, 3.63) is 70.8 Å². The topological polar surface area (TPSA) is 6.48 Å². The van der Waals surface area contributed by atoms with Gasteiger partial charge < -0.3 is 0 Å². The lowest BCUT2D eigenvalue weighted by Gasteiger charge is -2.36. The van der Waals surface area contributed by atoms with Gasteiger partial charge in [-0.3, -0.25) is 9.80 Å². The van der Waals surface area contributed by atoms with Crippen LogP contribution in [-0.2, 0) is 13.1 Å². The molecule has 5 rings (SSSR count). The Hall–Kier alpha value is -1.78. The molecular weight excluding hydrogens is 330 g/mol. The largest absolute Gasteiger partial charge is 0.297 e. The van der Waals surface area contributed by atoms with Gasteiger partial charge in [-0.15, -0.1) is 0 Å². The molecule has 0 aromatic heterocycles. The van der Waals surface area contributed by atoms with Crippen LogP contribution in [0.3, 0.4) is 0 Å². The monoisotopic (exact) mass is 356 g/mol. The van der Waals surface area contributed by atoms with Gasteiger partial charge in [-0.1, -0.05) is 29.8 Å². The zero-order chi connectivity index (χ0) is 18.1. The molecule has 4 heteroatoms. The highest BCUT2D eigenvalue weighted by Gasteiger charge is 2.34. The van der Waals surface area contributed by atoms with Crippen LogP contribution in [0.4, 0.5) is 8.78 Å². The standard InChI is InChI=1S/C22H26F2N2/c1-16-2-9-22(24)19(10-16)14-26-13-18-5-8-21(26)15-25(12-18)11-17-3-6-20(23)7-4-17/h2-4,6-7,9-10,18,21H,5,8,11-15H2,1H3/t18-,21+/m0/s1. The SMILES string of the molecule is Cc1ccc(F)c(CN2C[C@H]3CC[C@@H]2CN(Cc2ccc(F)cc2)C3)c1. The van der Waals surface area contributed by atoms with Crippen molar-refractivity contribution in [1.82, 2.24) is 9.80 Å². The summed E-state index contributed by atoms with van der Waals surface area (Å²) in [5.41, 5.74) is 3.07. The quantitative estimate of drug-likeness (QED) is 0.803. The lowest BCUT2D eigenvalue weighted by Crippen LogP contribution is -2.43. The van der Waals surface area contributed by atoms with Gasteiger partial charge in [0.05, 0.1) is 0 Å². The molecule has 3 aliphatic heterocycles. The Morgan fingerprint density at radius 2 is 1.73 bits per heavy atom. The minimum atomic E-state index is -0.184. The molecule has 2 atom stereocenters. The Morgan fingerprint density at radius 1 is 0.923 bits per heavy atom. The van der Waals surface area contributed by atoms with E-state index in [4.69, 9.17) is 0 Å². The summed E-state index contributed by atoms with van der Waals surface area (Å²) in [7, 11) is 0. The number of fused-ring (bicyclic) bond motifs is 4. The molecule has 0 spiro atoms. The molecule has 0 N–H and O–H groups in total. The van der Waals surface area contributed by atoms with Crippen LogP contribution < -0.4 is 0 Å². The second-order valence-electron chi connectivity index (χ2n) is 7.94. The van der Waals surface area contributed by atoms with E-state index in [1.165, 1.54) is 25.0 Å². The predicted molar refractivity (Wildman–Crippen MR) is 99.7 cm³/mol. The highest BCUT2D eigenvalue weighted by Crippen LogP contribution is 2.30. The van der Waals surface area contributed by atoms with E-state index in [1.807, 2.05) is 31.2 Å². The molecule has 2 aromatic rings. The number of benzene rings is 2. The number of hydrogen-bond donors (Lipinski definition) is 0. The van der Waals surface area contributed by atoms with E-state index in [2.05, 4.69) is 9.80 Å². The Labute approximate surface area is 154 Å². The third kappa shape index (κ3) is 3.97. The normalized spacial score (nSPS) is 24.0. The van der Waals surface area contributed by atoms with Gasteiger partial charge in [0.1, 0.15) is 11.6 Å². The average Bonchev–Trinajstić information content (AvgIpc) is 2.91. The summed E-state index contributed by atoms with van der Waals surface area (Å²) in [6.45, 7) is 6.68. The lowest BCUT2D eigenvalue weighted by molar-refractivity contribution is 0.121. The first kappa shape index (κ1) is 17.6. The smallest absolute Gasteiger partial charge is 0.127 e. The summed E-state index contributed by atoms with van der Waals surface area (Å²) >= 11 is 0. The molecule has 2 nitrogen and oxygen atoms in total. The maximum atomic E-state index is 14.2. The van der Waals surface area contributed by atoms with Crippen molar-refractivity contribution in [3.8, 4) is 0 Å². The maximum absolute atomic E-state index is 14.2. The molecule has 3 saturated heterocycles. The Balaban J connectivity index is 1.46. The Bertz CT molecular complexity index is 759. The van der Waals surface area contributed by atoms with Crippen molar-refractivity contribution >= 4 is 0 Å². The third-order valence-electron chi connectivity index (χ3n) is 5.80. The minimum absolute atomic E-state index is 0.0983. The van der Waals surface area contributed by atoms with E-state index < -0.39 is 0 Å². The molecule has 0 radical (unpaired) electrons. The van der Waals surface area contributed by atoms with E-state index in [0.717, 1.165) is 42.9 Å². The fourth-order valence-corrected chi connectivity index (χ4v) is 4.49. The van der Waals surface area contributed by atoms with Gasteiger partial charge >= 0.3 is 0 Å². The molecule has 26 heavy (non-hydrogen) atoms. The van der Waals surface area contributed by atoms with Crippen LogP contribution in [-0.4, -0.2) is 35.5 Å². The molecule has 3 heterocycles. The van der Waals surface area contributed by atoms with Crippen LogP contribution in [0, 0.1) is 24.5 Å². The zero-order valence-electron chi connectivity index (χ0n) is 15.3. The van der Waals surface area contributed by atoms with Gasteiger partial charge in [-0.2, -0.15) is 0 Å². The van der Waals surface area contributed by atoms with Crippen LogP contribution in [0.15, 0.2) is 42.5 Å². The van der Waals surface area contributed by atoms with Crippen molar-refractivity contribution in [2.45, 2.75) is 38.9 Å². The first-order chi connectivity index (χ1) is 12.6. The predicted octanol–water partition coefficient (Wildman–Crippen LogP) is 4.37. The first-order valence-electron chi connectivity index (χ1n) is 9.53. The van der Waals surface area contributed by atoms with Gasteiger partial charge in [-0.05, 0) is 49.4 Å². The molecule has 3 aliphatic rings. The zero-order valence-corrected chi connectivity index (χ0v) is 15.3. The van der Waals surface area contributed by atoms with Crippen molar-refractivity contribution in [2.75, 3.05) is 19.6 Å². The van der Waals surface area contributed by atoms with Crippen LogP contribution in [0.2, 0.25) is 0 Å². The minimum Gasteiger partial charge on any atom is -0.297 e. The van der Waals surface area contributed by atoms with Gasteiger partial charge in [0.15, 0.2) is 0 Å². The maximum Gasteiger partial charge on any atom is 0.127 e. The van der Waals surface area contributed by atoms with Crippen LogP contribution in [0.25, 0.3) is 0 Å². The van der Waals surface area contributed by atoms with Gasteiger partial charge in [0.2, 0.25) is 0 Å². The molecule has 138 valence electrons. The first-order valence-corrected chi connectivity index (χ1v) is 9.53.